The predicted molar refractivity (Wildman–Crippen MR) is 75.8 cm³/mol. The molecule has 0 atom stereocenters. The number of carbonyl (C=O) groups is 2. The first-order valence-corrected chi connectivity index (χ1v) is 5.97. The van der Waals surface area contributed by atoms with Crippen molar-refractivity contribution in [1.82, 2.24) is 9.78 Å². The number of urea groups is 1. The average molecular weight is 290 g/mol. The summed E-state index contributed by atoms with van der Waals surface area (Å²) in [7, 11) is 3.15. The lowest BCUT2D eigenvalue weighted by molar-refractivity contribution is 0.0697. The van der Waals surface area contributed by atoms with Crippen LogP contribution in [0.15, 0.2) is 30.6 Å². The first-order valence-electron chi connectivity index (χ1n) is 5.97. The van der Waals surface area contributed by atoms with E-state index in [1.165, 1.54) is 30.1 Å². The first-order chi connectivity index (χ1) is 9.99. The van der Waals surface area contributed by atoms with E-state index in [9.17, 15) is 9.59 Å². The van der Waals surface area contributed by atoms with Crippen LogP contribution >= 0.6 is 0 Å². The number of aromatic nitrogens is 2. The maximum absolute atomic E-state index is 11.8. The van der Waals surface area contributed by atoms with Crippen LogP contribution in [0.25, 0.3) is 0 Å². The van der Waals surface area contributed by atoms with E-state index in [0.29, 0.717) is 11.4 Å². The van der Waals surface area contributed by atoms with Crippen LogP contribution in [-0.4, -0.2) is 34.0 Å². The molecule has 0 saturated carbocycles. The van der Waals surface area contributed by atoms with Crippen molar-refractivity contribution in [2.24, 2.45) is 7.05 Å². The number of benzene rings is 1. The summed E-state index contributed by atoms with van der Waals surface area (Å²) in [6, 6.07) is 3.80. The standard InChI is InChI=1S/C13H14N4O4/c1-17-7-8(6-14-17)15-13(20)16-11-4-3-9(21-2)5-10(11)12(18)19/h3-7H,1-2H3,(H,18,19)(H2,15,16,20). The summed E-state index contributed by atoms with van der Waals surface area (Å²) in [6.45, 7) is 0. The smallest absolute Gasteiger partial charge is 0.337 e. The summed E-state index contributed by atoms with van der Waals surface area (Å²) >= 11 is 0. The first kappa shape index (κ1) is 14.4. The molecule has 0 radical (unpaired) electrons. The SMILES string of the molecule is COc1ccc(NC(=O)Nc2cnn(C)c2)c(C(=O)O)c1. The van der Waals surface area contributed by atoms with Crippen LogP contribution in [0.5, 0.6) is 5.75 Å². The minimum absolute atomic E-state index is 0.0595. The van der Waals surface area contributed by atoms with Gasteiger partial charge in [-0.3, -0.25) is 4.68 Å². The van der Waals surface area contributed by atoms with Crippen molar-refractivity contribution in [3.05, 3.63) is 36.2 Å². The Hall–Kier alpha value is -3.03. The van der Waals surface area contributed by atoms with Gasteiger partial charge in [-0.1, -0.05) is 0 Å². The molecule has 0 bridgehead atoms. The number of carboxylic acids is 1. The van der Waals surface area contributed by atoms with Crippen LogP contribution < -0.4 is 15.4 Å². The van der Waals surface area contributed by atoms with Crippen LogP contribution in [0, 0.1) is 0 Å². The van der Waals surface area contributed by atoms with Gasteiger partial charge < -0.3 is 20.5 Å². The van der Waals surface area contributed by atoms with E-state index in [2.05, 4.69) is 15.7 Å². The van der Waals surface area contributed by atoms with Crippen molar-refractivity contribution in [3.8, 4) is 5.75 Å². The molecule has 8 nitrogen and oxygen atoms in total. The van der Waals surface area contributed by atoms with Gasteiger partial charge in [-0.25, -0.2) is 9.59 Å². The minimum atomic E-state index is -1.16. The third-order valence-corrected chi connectivity index (χ3v) is 2.67. The number of aromatic carboxylic acids is 1. The molecular weight excluding hydrogens is 276 g/mol. The number of carbonyl (C=O) groups excluding carboxylic acids is 1. The Morgan fingerprint density at radius 1 is 1.33 bits per heavy atom. The van der Waals surface area contributed by atoms with Gasteiger partial charge in [0.15, 0.2) is 0 Å². The van der Waals surface area contributed by atoms with Crippen molar-refractivity contribution in [3.63, 3.8) is 0 Å². The van der Waals surface area contributed by atoms with Gasteiger partial charge >= 0.3 is 12.0 Å². The fraction of sp³-hybridized carbons (Fsp3) is 0.154. The van der Waals surface area contributed by atoms with Gasteiger partial charge in [0.1, 0.15) is 5.75 Å². The summed E-state index contributed by atoms with van der Waals surface area (Å²) in [4.78, 5) is 23.0. The number of hydrogen-bond donors (Lipinski definition) is 3. The molecular formula is C13H14N4O4. The van der Waals surface area contributed by atoms with E-state index in [1.54, 1.807) is 19.3 Å². The molecule has 0 aliphatic heterocycles. The van der Waals surface area contributed by atoms with Crippen LogP contribution in [-0.2, 0) is 7.05 Å². The molecule has 0 saturated heterocycles. The van der Waals surface area contributed by atoms with Crippen LogP contribution in [0.2, 0.25) is 0 Å². The lowest BCUT2D eigenvalue weighted by Crippen LogP contribution is -2.20. The molecule has 2 rings (SSSR count). The third-order valence-electron chi connectivity index (χ3n) is 2.67. The number of aryl methyl sites for hydroxylation is 1. The second-order valence-electron chi connectivity index (χ2n) is 4.20. The van der Waals surface area contributed by atoms with Crippen LogP contribution in [0.3, 0.4) is 0 Å². The number of nitrogens with one attached hydrogen (secondary N) is 2. The molecule has 2 aromatic rings. The predicted octanol–water partition coefficient (Wildman–Crippen LogP) is 1.77. The van der Waals surface area contributed by atoms with Gasteiger partial charge in [-0.2, -0.15) is 5.10 Å². The number of rotatable bonds is 4. The maximum atomic E-state index is 11.8. The zero-order chi connectivity index (χ0) is 15.4. The van der Waals surface area contributed by atoms with Gasteiger partial charge in [0, 0.05) is 13.2 Å². The molecule has 0 unspecified atom stereocenters. The number of carboxylic acid groups (broad SMARTS) is 1. The Balaban J connectivity index is 2.14. The molecule has 21 heavy (non-hydrogen) atoms. The van der Waals surface area contributed by atoms with E-state index >= 15 is 0 Å². The molecule has 0 aliphatic carbocycles. The molecule has 1 aromatic carbocycles. The van der Waals surface area contributed by atoms with Gasteiger partial charge in [-0.15, -0.1) is 0 Å². The molecule has 3 N–H and O–H groups in total. The van der Waals surface area contributed by atoms with E-state index < -0.39 is 12.0 Å². The maximum Gasteiger partial charge on any atom is 0.337 e. The second kappa shape index (κ2) is 5.95. The van der Waals surface area contributed by atoms with Crippen molar-refractivity contribution in [2.75, 3.05) is 17.7 Å². The molecule has 8 heteroatoms. The number of amides is 2. The molecule has 1 aromatic heterocycles. The number of anilines is 2. The monoisotopic (exact) mass is 290 g/mol. The topological polar surface area (TPSA) is 105 Å². The number of hydrogen-bond acceptors (Lipinski definition) is 4. The fourth-order valence-electron chi connectivity index (χ4n) is 1.71. The largest absolute Gasteiger partial charge is 0.497 e. The lowest BCUT2D eigenvalue weighted by atomic mass is 10.1. The molecule has 110 valence electrons. The van der Waals surface area contributed by atoms with E-state index in [1.807, 2.05) is 0 Å². The molecule has 1 heterocycles. The van der Waals surface area contributed by atoms with Crippen molar-refractivity contribution < 1.29 is 19.4 Å². The Labute approximate surface area is 120 Å². The highest BCUT2D eigenvalue weighted by Gasteiger charge is 2.14. The lowest BCUT2D eigenvalue weighted by Gasteiger charge is -2.10. The van der Waals surface area contributed by atoms with E-state index in [0.717, 1.165) is 0 Å². The number of nitrogens with zero attached hydrogens (tertiary/aromatic N) is 2. The summed E-state index contributed by atoms with van der Waals surface area (Å²) in [5.41, 5.74) is 0.612. The van der Waals surface area contributed by atoms with Crippen molar-refractivity contribution >= 4 is 23.4 Å². The van der Waals surface area contributed by atoms with Gasteiger partial charge in [0.05, 0.1) is 30.2 Å². The minimum Gasteiger partial charge on any atom is -0.497 e. The Kier molecular flexibility index (Phi) is 4.07. The fourth-order valence-corrected chi connectivity index (χ4v) is 1.71. The summed E-state index contributed by atoms with van der Waals surface area (Å²) in [5.74, 6) is -0.767. The van der Waals surface area contributed by atoms with Gasteiger partial charge in [0.25, 0.3) is 0 Å². The Morgan fingerprint density at radius 2 is 2.10 bits per heavy atom. The molecule has 0 spiro atoms. The summed E-state index contributed by atoms with van der Waals surface area (Å²) < 4.78 is 6.49. The number of ether oxygens (including phenoxy) is 1. The second-order valence-corrected chi connectivity index (χ2v) is 4.20. The highest BCUT2D eigenvalue weighted by atomic mass is 16.5. The van der Waals surface area contributed by atoms with Crippen molar-refractivity contribution in [2.45, 2.75) is 0 Å². The third kappa shape index (κ3) is 3.50. The zero-order valence-corrected chi connectivity index (χ0v) is 11.5. The van der Waals surface area contributed by atoms with Gasteiger partial charge in [-0.05, 0) is 18.2 Å². The normalized spacial score (nSPS) is 10.0. The summed E-state index contributed by atoms with van der Waals surface area (Å²) in [5, 5.41) is 18.1. The van der Waals surface area contributed by atoms with Crippen LogP contribution in [0.4, 0.5) is 16.2 Å². The molecule has 0 fully saturated rings. The highest BCUT2D eigenvalue weighted by molar-refractivity contribution is 6.04. The van der Waals surface area contributed by atoms with E-state index in [-0.39, 0.29) is 11.3 Å². The average Bonchev–Trinajstić information content (AvgIpc) is 2.84. The summed E-state index contributed by atoms with van der Waals surface area (Å²) in [6.07, 6.45) is 3.09. The van der Waals surface area contributed by atoms with Crippen LogP contribution in [0.1, 0.15) is 10.4 Å². The molecule has 2 amide bonds. The van der Waals surface area contributed by atoms with Gasteiger partial charge in [0.2, 0.25) is 0 Å². The quantitative estimate of drug-likeness (QED) is 0.795. The zero-order valence-electron chi connectivity index (χ0n) is 11.5. The Morgan fingerprint density at radius 3 is 2.67 bits per heavy atom. The highest BCUT2D eigenvalue weighted by Crippen LogP contribution is 2.22. The van der Waals surface area contributed by atoms with E-state index in [4.69, 9.17) is 9.84 Å². The molecule has 0 aliphatic rings. The van der Waals surface area contributed by atoms with Crippen molar-refractivity contribution in [1.29, 1.82) is 0 Å². The Bertz CT molecular complexity index is 681. The number of methoxy groups -OCH3 is 1.